The smallest absolute Gasteiger partial charge is 0.0627 e. The van der Waals surface area contributed by atoms with Crippen LogP contribution in [0.1, 0.15) is 24.1 Å². The van der Waals surface area contributed by atoms with E-state index in [2.05, 4.69) is 52.7 Å². The van der Waals surface area contributed by atoms with E-state index >= 15 is 0 Å². The van der Waals surface area contributed by atoms with E-state index < -0.39 is 0 Å². The largest absolute Gasteiger partial charge is 0.347 e. The molecule has 1 aliphatic carbocycles. The topological polar surface area (TPSA) is 30.9 Å². The van der Waals surface area contributed by atoms with Gasteiger partial charge in [0.25, 0.3) is 0 Å². The number of halogens is 1. The summed E-state index contributed by atoms with van der Waals surface area (Å²) in [5, 5.41) is 1.36. The SMILES string of the molecule is Cc1c(C2(CN)CC2)c2cccc(Br)c2n1C. The zero-order valence-corrected chi connectivity index (χ0v) is 11.8. The first-order valence-electron chi connectivity index (χ1n) is 6.05. The summed E-state index contributed by atoms with van der Waals surface area (Å²) in [5.74, 6) is 0. The second-order valence-electron chi connectivity index (χ2n) is 5.14. The molecular weight excluding hydrogens is 276 g/mol. The van der Waals surface area contributed by atoms with Crippen molar-refractivity contribution in [3.63, 3.8) is 0 Å². The van der Waals surface area contributed by atoms with E-state index in [0.717, 1.165) is 6.54 Å². The molecule has 2 N–H and O–H groups in total. The molecule has 0 spiro atoms. The standard InChI is InChI=1S/C14H17BrN2/c1-9-12(14(8-16)6-7-14)10-4-3-5-11(15)13(10)17(9)2/h3-5H,6-8,16H2,1-2H3. The van der Waals surface area contributed by atoms with E-state index in [1.54, 1.807) is 0 Å². The third-order valence-corrected chi connectivity index (χ3v) is 4.87. The van der Waals surface area contributed by atoms with Crippen LogP contribution in [0.2, 0.25) is 0 Å². The molecule has 0 atom stereocenters. The lowest BCUT2D eigenvalue weighted by Crippen LogP contribution is -2.20. The number of benzene rings is 1. The molecule has 0 bridgehead atoms. The van der Waals surface area contributed by atoms with Crippen molar-refractivity contribution in [2.75, 3.05) is 6.54 Å². The number of hydrogen-bond acceptors (Lipinski definition) is 1. The van der Waals surface area contributed by atoms with Gasteiger partial charge in [0, 0.05) is 34.6 Å². The summed E-state index contributed by atoms with van der Waals surface area (Å²) in [4.78, 5) is 0. The van der Waals surface area contributed by atoms with Crippen molar-refractivity contribution < 1.29 is 0 Å². The van der Waals surface area contributed by atoms with Gasteiger partial charge in [0.15, 0.2) is 0 Å². The Bertz CT molecular complexity index is 594. The van der Waals surface area contributed by atoms with Gasteiger partial charge in [-0.2, -0.15) is 0 Å². The monoisotopic (exact) mass is 292 g/mol. The Labute approximate surface area is 110 Å². The second kappa shape index (κ2) is 3.59. The first-order chi connectivity index (χ1) is 8.10. The average Bonchev–Trinajstić information content (AvgIpc) is 3.05. The van der Waals surface area contributed by atoms with Crippen molar-refractivity contribution in [1.82, 2.24) is 4.57 Å². The van der Waals surface area contributed by atoms with Crippen LogP contribution in [0.3, 0.4) is 0 Å². The van der Waals surface area contributed by atoms with E-state index in [0.29, 0.717) is 0 Å². The van der Waals surface area contributed by atoms with Gasteiger partial charge in [-0.15, -0.1) is 0 Å². The Balaban J connectivity index is 2.39. The van der Waals surface area contributed by atoms with Crippen LogP contribution < -0.4 is 5.73 Å². The lowest BCUT2D eigenvalue weighted by atomic mass is 9.93. The van der Waals surface area contributed by atoms with Gasteiger partial charge in [0.05, 0.1) is 5.52 Å². The van der Waals surface area contributed by atoms with Crippen molar-refractivity contribution in [3.8, 4) is 0 Å². The van der Waals surface area contributed by atoms with Crippen LogP contribution in [0.15, 0.2) is 22.7 Å². The van der Waals surface area contributed by atoms with Gasteiger partial charge >= 0.3 is 0 Å². The maximum Gasteiger partial charge on any atom is 0.0627 e. The molecule has 0 saturated heterocycles. The lowest BCUT2D eigenvalue weighted by molar-refractivity contribution is 0.697. The van der Waals surface area contributed by atoms with Gasteiger partial charge in [0.1, 0.15) is 0 Å². The van der Waals surface area contributed by atoms with Gasteiger partial charge in [0.2, 0.25) is 0 Å². The molecular formula is C14H17BrN2. The quantitative estimate of drug-likeness (QED) is 0.905. The fraction of sp³-hybridized carbons (Fsp3) is 0.429. The third kappa shape index (κ3) is 1.42. The molecule has 0 amide bonds. The molecule has 17 heavy (non-hydrogen) atoms. The first-order valence-corrected chi connectivity index (χ1v) is 6.84. The molecule has 1 fully saturated rings. The lowest BCUT2D eigenvalue weighted by Gasteiger charge is -2.13. The molecule has 1 heterocycles. The molecule has 3 rings (SSSR count). The summed E-state index contributed by atoms with van der Waals surface area (Å²) in [6, 6.07) is 6.44. The Kier molecular flexibility index (Phi) is 2.39. The van der Waals surface area contributed by atoms with Crippen LogP contribution in [0.25, 0.3) is 10.9 Å². The predicted octanol–water partition coefficient (Wildman–Crippen LogP) is 3.24. The van der Waals surface area contributed by atoms with Crippen LogP contribution in [-0.2, 0) is 12.5 Å². The highest BCUT2D eigenvalue weighted by molar-refractivity contribution is 9.10. The highest BCUT2D eigenvalue weighted by Crippen LogP contribution is 2.51. The number of para-hydroxylation sites is 1. The number of nitrogens with zero attached hydrogens (tertiary/aromatic N) is 1. The Hall–Kier alpha value is -0.800. The van der Waals surface area contributed by atoms with Crippen molar-refractivity contribution in [2.45, 2.75) is 25.2 Å². The second-order valence-corrected chi connectivity index (χ2v) is 5.99. The fourth-order valence-electron chi connectivity index (χ4n) is 2.96. The van der Waals surface area contributed by atoms with E-state index in [4.69, 9.17) is 5.73 Å². The summed E-state index contributed by atoms with van der Waals surface area (Å²) >= 11 is 3.65. The third-order valence-electron chi connectivity index (χ3n) is 4.23. The highest BCUT2D eigenvalue weighted by atomic mass is 79.9. The van der Waals surface area contributed by atoms with Crippen LogP contribution >= 0.6 is 15.9 Å². The number of rotatable bonds is 2. The Morgan fingerprint density at radius 1 is 1.41 bits per heavy atom. The normalized spacial score (nSPS) is 17.6. The molecule has 2 nitrogen and oxygen atoms in total. The fourth-order valence-corrected chi connectivity index (χ4v) is 3.60. The summed E-state index contributed by atoms with van der Waals surface area (Å²) in [6.45, 7) is 2.97. The minimum absolute atomic E-state index is 0.254. The van der Waals surface area contributed by atoms with Crippen LogP contribution in [0, 0.1) is 6.92 Å². The van der Waals surface area contributed by atoms with Gasteiger partial charge in [-0.3, -0.25) is 0 Å². The van der Waals surface area contributed by atoms with E-state index in [9.17, 15) is 0 Å². The van der Waals surface area contributed by atoms with Crippen molar-refractivity contribution in [2.24, 2.45) is 12.8 Å². The molecule has 90 valence electrons. The van der Waals surface area contributed by atoms with Gasteiger partial charge in [-0.1, -0.05) is 12.1 Å². The van der Waals surface area contributed by atoms with E-state index in [-0.39, 0.29) is 5.41 Å². The highest BCUT2D eigenvalue weighted by Gasteiger charge is 2.46. The van der Waals surface area contributed by atoms with Crippen molar-refractivity contribution in [3.05, 3.63) is 33.9 Å². The van der Waals surface area contributed by atoms with Gasteiger partial charge in [-0.05, 0) is 47.3 Å². The van der Waals surface area contributed by atoms with E-state index in [1.165, 1.54) is 39.5 Å². The number of fused-ring (bicyclic) bond motifs is 1. The molecule has 3 heteroatoms. The minimum atomic E-state index is 0.254. The van der Waals surface area contributed by atoms with Crippen LogP contribution in [0.4, 0.5) is 0 Å². The molecule has 1 aromatic heterocycles. The summed E-state index contributed by atoms with van der Waals surface area (Å²) in [7, 11) is 2.14. The zero-order chi connectivity index (χ0) is 12.2. The molecule has 0 unspecified atom stereocenters. The number of aromatic nitrogens is 1. The van der Waals surface area contributed by atoms with E-state index in [1.807, 2.05) is 0 Å². The summed E-state index contributed by atoms with van der Waals surface area (Å²) in [5.41, 5.74) is 10.4. The van der Waals surface area contributed by atoms with Gasteiger partial charge < -0.3 is 10.3 Å². The number of nitrogens with two attached hydrogens (primary N) is 1. The molecule has 0 aliphatic heterocycles. The Morgan fingerprint density at radius 3 is 2.71 bits per heavy atom. The molecule has 2 aromatic rings. The predicted molar refractivity (Wildman–Crippen MR) is 75.3 cm³/mol. The molecule has 1 saturated carbocycles. The Morgan fingerprint density at radius 2 is 2.12 bits per heavy atom. The van der Waals surface area contributed by atoms with Crippen LogP contribution in [-0.4, -0.2) is 11.1 Å². The molecule has 1 aliphatic rings. The van der Waals surface area contributed by atoms with Crippen molar-refractivity contribution in [1.29, 1.82) is 0 Å². The number of hydrogen-bond donors (Lipinski definition) is 1. The molecule has 1 aromatic carbocycles. The number of aryl methyl sites for hydroxylation is 1. The minimum Gasteiger partial charge on any atom is -0.347 e. The maximum atomic E-state index is 5.99. The van der Waals surface area contributed by atoms with Gasteiger partial charge in [-0.25, -0.2) is 0 Å². The van der Waals surface area contributed by atoms with Crippen molar-refractivity contribution >= 4 is 26.8 Å². The van der Waals surface area contributed by atoms with Crippen LogP contribution in [0.5, 0.6) is 0 Å². The summed E-state index contributed by atoms with van der Waals surface area (Å²) in [6.07, 6.45) is 2.46. The average molecular weight is 293 g/mol. The molecule has 0 radical (unpaired) electrons. The maximum absolute atomic E-state index is 5.99. The first kappa shape index (κ1) is 11.3. The summed E-state index contributed by atoms with van der Waals surface area (Å²) < 4.78 is 3.45. The zero-order valence-electron chi connectivity index (χ0n) is 10.3.